The highest BCUT2D eigenvalue weighted by atomic mass is 16.5. The van der Waals surface area contributed by atoms with Gasteiger partial charge in [-0.05, 0) is 31.0 Å². The second-order valence-electron chi connectivity index (χ2n) is 8.10. The van der Waals surface area contributed by atoms with E-state index in [1.54, 1.807) is 12.4 Å². The third-order valence-corrected chi connectivity index (χ3v) is 5.93. The van der Waals surface area contributed by atoms with E-state index in [0.29, 0.717) is 11.9 Å². The summed E-state index contributed by atoms with van der Waals surface area (Å²) in [6.07, 6.45) is 9.24. The Hall–Kier alpha value is -3.29. The van der Waals surface area contributed by atoms with Crippen LogP contribution in [0.5, 0.6) is 5.75 Å². The molecule has 0 atom stereocenters. The van der Waals surface area contributed by atoms with Crippen LogP contribution >= 0.6 is 0 Å². The number of carbonyl (C=O) groups is 1. The lowest BCUT2D eigenvalue weighted by Crippen LogP contribution is -2.42. The van der Waals surface area contributed by atoms with E-state index in [1.165, 1.54) is 0 Å². The predicted octanol–water partition coefficient (Wildman–Crippen LogP) is 2.07. The van der Waals surface area contributed by atoms with Gasteiger partial charge >= 0.3 is 0 Å². The third-order valence-electron chi connectivity index (χ3n) is 5.93. The highest BCUT2D eigenvalue weighted by Gasteiger charge is 2.28. The number of piperidine rings is 1. The summed E-state index contributed by atoms with van der Waals surface area (Å²) in [6, 6.07) is 8.15. The van der Waals surface area contributed by atoms with Crippen LogP contribution in [0.2, 0.25) is 0 Å². The summed E-state index contributed by atoms with van der Waals surface area (Å²) in [5, 5.41) is 0.971. The number of aromatic nitrogens is 3. The number of amides is 1. The molecule has 1 saturated carbocycles. The van der Waals surface area contributed by atoms with Crippen LogP contribution in [0.25, 0.3) is 10.9 Å². The van der Waals surface area contributed by atoms with Gasteiger partial charge in [-0.25, -0.2) is 4.98 Å². The SMILES string of the molecule is NC(=O)Cn1ccc2c(OC3CCN(c4nccn(C5CC5)c4=O)CC3)cccc21. The van der Waals surface area contributed by atoms with Crippen LogP contribution in [-0.4, -0.2) is 39.2 Å². The molecule has 2 N–H and O–H groups in total. The fourth-order valence-corrected chi connectivity index (χ4v) is 4.24. The summed E-state index contributed by atoms with van der Waals surface area (Å²) < 4.78 is 9.97. The summed E-state index contributed by atoms with van der Waals surface area (Å²) in [5.41, 5.74) is 6.28. The summed E-state index contributed by atoms with van der Waals surface area (Å²) in [6.45, 7) is 1.62. The Labute approximate surface area is 173 Å². The van der Waals surface area contributed by atoms with E-state index in [1.807, 2.05) is 39.6 Å². The molecule has 2 fully saturated rings. The largest absolute Gasteiger partial charge is 0.490 e. The highest BCUT2D eigenvalue weighted by Crippen LogP contribution is 2.33. The molecule has 5 rings (SSSR count). The maximum Gasteiger partial charge on any atom is 0.293 e. The number of anilines is 1. The molecule has 2 aromatic heterocycles. The van der Waals surface area contributed by atoms with Crippen LogP contribution in [0.1, 0.15) is 31.7 Å². The zero-order chi connectivity index (χ0) is 20.7. The predicted molar refractivity (Wildman–Crippen MR) is 114 cm³/mol. The number of ether oxygens (including phenoxy) is 1. The van der Waals surface area contributed by atoms with E-state index in [4.69, 9.17) is 10.5 Å². The Morgan fingerprint density at radius 1 is 1.13 bits per heavy atom. The number of nitrogens with zero attached hydrogens (tertiary/aromatic N) is 4. The Balaban J connectivity index is 1.28. The van der Waals surface area contributed by atoms with E-state index >= 15 is 0 Å². The smallest absolute Gasteiger partial charge is 0.293 e. The van der Waals surface area contributed by atoms with Gasteiger partial charge in [0.25, 0.3) is 5.56 Å². The Bertz CT molecular complexity index is 1140. The molecule has 30 heavy (non-hydrogen) atoms. The summed E-state index contributed by atoms with van der Waals surface area (Å²) in [7, 11) is 0. The molecular formula is C22H25N5O3. The maximum absolute atomic E-state index is 12.7. The number of fused-ring (bicyclic) bond motifs is 1. The Morgan fingerprint density at radius 2 is 1.93 bits per heavy atom. The fourth-order valence-electron chi connectivity index (χ4n) is 4.24. The first-order valence-electron chi connectivity index (χ1n) is 10.4. The van der Waals surface area contributed by atoms with Crippen molar-refractivity contribution in [3.05, 3.63) is 53.2 Å². The summed E-state index contributed by atoms with van der Waals surface area (Å²) >= 11 is 0. The molecule has 2 aliphatic rings. The summed E-state index contributed by atoms with van der Waals surface area (Å²) in [4.78, 5) is 30.5. The van der Waals surface area contributed by atoms with Crippen molar-refractivity contribution in [3.63, 3.8) is 0 Å². The fraction of sp³-hybridized carbons (Fsp3) is 0.409. The van der Waals surface area contributed by atoms with Gasteiger partial charge in [-0.15, -0.1) is 0 Å². The number of hydrogen-bond acceptors (Lipinski definition) is 5. The molecule has 8 heteroatoms. The first kappa shape index (κ1) is 18.7. The van der Waals surface area contributed by atoms with Gasteiger partial charge in [-0.2, -0.15) is 0 Å². The van der Waals surface area contributed by atoms with Crippen molar-refractivity contribution >= 4 is 22.6 Å². The number of rotatable bonds is 6. The number of carbonyl (C=O) groups excluding carboxylic acids is 1. The molecule has 0 bridgehead atoms. The van der Waals surface area contributed by atoms with Crippen molar-refractivity contribution < 1.29 is 9.53 Å². The number of hydrogen-bond donors (Lipinski definition) is 1. The Kier molecular flexibility index (Phi) is 4.69. The van der Waals surface area contributed by atoms with E-state index in [2.05, 4.69) is 9.88 Å². The Morgan fingerprint density at radius 3 is 2.67 bits per heavy atom. The lowest BCUT2D eigenvalue weighted by atomic mass is 10.1. The van der Waals surface area contributed by atoms with Crippen molar-refractivity contribution in [1.29, 1.82) is 0 Å². The van der Waals surface area contributed by atoms with Crippen molar-refractivity contribution in [3.8, 4) is 5.75 Å². The number of primary amides is 1. The quantitative estimate of drug-likeness (QED) is 0.675. The standard InChI is InChI=1S/C22H25N5O3/c23-20(28)14-26-12-8-17-18(26)2-1-3-19(17)30-16-6-10-25(11-7-16)21-22(29)27(13-9-24-21)15-4-5-15/h1-3,8-9,12-13,15-16H,4-7,10-11,14H2,(H2,23,28). The van der Waals surface area contributed by atoms with Gasteiger partial charge in [-0.3, -0.25) is 9.59 Å². The zero-order valence-corrected chi connectivity index (χ0v) is 16.7. The van der Waals surface area contributed by atoms with Crippen LogP contribution in [-0.2, 0) is 11.3 Å². The lowest BCUT2D eigenvalue weighted by molar-refractivity contribution is -0.118. The molecule has 0 radical (unpaired) electrons. The molecule has 1 aliphatic heterocycles. The average molecular weight is 407 g/mol. The molecule has 0 spiro atoms. The van der Waals surface area contributed by atoms with E-state index in [-0.39, 0.29) is 24.1 Å². The van der Waals surface area contributed by atoms with Gasteiger partial charge in [0.05, 0.1) is 5.52 Å². The van der Waals surface area contributed by atoms with E-state index in [9.17, 15) is 9.59 Å². The average Bonchev–Trinajstić information content (AvgIpc) is 3.50. The van der Waals surface area contributed by atoms with E-state index in [0.717, 1.165) is 55.4 Å². The minimum Gasteiger partial charge on any atom is -0.490 e. The topological polar surface area (TPSA) is 95.4 Å². The van der Waals surface area contributed by atoms with Crippen LogP contribution in [0.3, 0.4) is 0 Å². The van der Waals surface area contributed by atoms with Gasteiger partial charge in [0.1, 0.15) is 18.4 Å². The molecular weight excluding hydrogens is 382 g/mol. The molecule has 0 unspecified atom stereocenters. The van der Waals surface area contributed by atoms with Gasteiger partial charge < -0.3 is 24.5 Å². The zero-order valence-electron chi connectivity index (χ0n) is 16.7. The van der Waals surface area contributed by atoms with Crippen LogP contribution < -0.4 is 20.9 Å². The van der Waals surface area contributed by atoms with Crippen LogP contribution in [0.4, 0.5) is 5.82 Å². The van der Waals surface area contributed by atoms with Crippen molar-refractivity contribution in [2.24, 2.45) is 5.73 Å². The van der Waals surface area contributed by atoms with Gasteiger partial charge in [0.2, 0.25) is 5.91 Å². The van der Waals surface area contributed by atoms with Crippen LogP contribution in [0, 0.1) is 0 Å². The minimum absolute atomic E-state index is 0.0138. The maximum atomic E-state index is 12.7. The van der Waals surface area contributed by atoms with Crippen molar-refractivity contribution in [2.45, 2.75) is 44.4 Å². The highest BCUT2D eigenvalue weighted by molar-refractivity contribution is 5.87. The molecule has 156 valence electrons. The third kappa shape index (κ3) is 3.53. The van der Waals surface area contributed by atoms with Gasteiger partial charge in [0, 0.05) is 55.9 Å². The normalized spacial score (nSPS) is 17.4. The van der Waals surface area contributed by atoms with Crippen molar-refractivity contribution in [1.82, 2.24) is 14.1 Å². The number of nitrogens with two attached hydrogens (primary N) is 1. The molecule has 1 saturated heterocycles. The second kappa shape index (κ2) is 7.51. The summed E-state index contributed by atoms with van der Waals surface area (Å²) in [5.74, 6) is 0.984. The monoisotopic (exact) mass is 407 g/mol. The van der Waals surface area contributed by atoms with Gasteiger partial charge in [0.15, 0.2) is 5.82 Å². The van der Waals surface area contributed by atoms with Gasteiger partial charge in [-0.1, -0.05) is 6.07 Å². The number of benzene rings is 1. The minimum atomic E-state index is -0.374. The van der Waals surface area contributed by atoms with Crippen molar-refractivity contribution in [2.75, 3.05) is 18.0 Å². The lowest BCUT2D eigenvalue weighted by Gasteiger charge is -2.32. The molecule has 3 aromatic rings. The molecule has 3 heterocycles. The molecule has 1 amide bonds. The molecule has 1 aromatic carbocycles. The second-order valence-corrected chi connectivity index (χ2v) is 8.10. The van der Waals surface area contributed by atoms with Crippen LogP contribution in [0.15, 0.2) is 47.7 Å². The molecule has 1 aliphatic carbocycles. The first-order chi connectivity index (χ1) is 14.6. The molecule has 8 nitrogen and oxygen atoms in total. The van der Waals surface area contributed by atoms with E-state index < -0.39 is 0 Å². The first-order valence-corrected chi connectivity index (χ1v) is 10.4.